The molecule has 1 aromatic heterocycles. The maximum absolute atomic E-state index is 11.7. The molecule has 1 rings (SSSR count). The number of thiophene rings is 1. The first kappa shape index (κ1) is 13.2. The van der Waals surface area contributed by atoms with E-state index >= 15 is 0 Å². The van der Waals surface area contributed by atoms with Crippen LogP contribution >= 0.6 is 11.3 Å². The van der Waals surface area contributed by atoms with Crippen molar-refractivity contribution < 1.29 is 4.79 Å². The number of carbonyl (C=O) groups excluding carboxylic acids is 1. The summed E-state index contributed by atoms with van der Waals surface area (Å²) in [5.41, 5.74) is 6.76. The fourth-order valence-corrected chi connectivity index (χ4v) is 2.48. The van der Waals surface area contributed by atoms with Gasteiger partial charge in [0.15, 0.2) is 0 Å². The van der Waals surface area contributed by atoms with E-state index < -0.39 is 0 Å². The molecule has 16 heavy (non-hydrogen) atoms. The minimum Gasteiger partial charge on any atom is -0.351 e. The van der Waals surface area contributed by atoms with Crippen LogP contribution in [0, 0.1) is 5.92 Å². The van der Waals surface area contributed by atoms with Gasteiger partial charge in [0.2, 0.25) is 5.91 Å². The van der Waals surface area contributed by atoms with Gasteiger partial charge in [-0.3, -0.25) is 4.79 Å². The van der Waals surface area contributed by atoms with Crippen molar-refractivity contribution >= 4 is 17.2 Å². The molecule has 90 valence electrons. The van der Waals surface area contributed by atoms with Crippen molar-refractivity contribution in [2.24, 2.45) is 11.7 Å². The number of aryl methyl sites for hydroxylation is 1. The van der Waals surface area contributed by atoms with Crippen molar-refractivity contribution in [2.45, 2.75) is 33.2 Å². The van der Waals surface area contributed by atoms with Crippen LogP contribution in [0.5, 0.6) is 0 Å². The molecule has 3 nitrogen and oxygen atoms in total. The van der Waals surface area contributed by atoms with E-state index in [1.54, 1.807) is 11.3 Å². The average molecular weight is 240 g/mol. The summed E-state index contributed by atoms with van der Waals surface area (Å²) >= 11 is 1.70. The zero-order valence-corrected chi connectivity index (χ0v) is 10.8. The third-order valence-corrected chi connectivity index (χ3v) is 3.65. The van der Waals surface area contributed by atoms with E-state index in [1.807, 2.05) is 6.92 Å². The normalized spacial score (nSPS) is 12.4. The van der Waals surface area contributed by atoms with E-state index in [2.05, 4.69) is 23.7 Å². The van der Waals surface area contributed by atoms with Crippen molar-refractivity contribution in [2.75, 3.05) is 6.54 Å². The molecule has 1 atom stereocenters. The molecule has 0 radical (unpaired) electrons. The molecule has 0 aliphatic heterocycles. The summed E-state index contributed by atoms with van der Waals surface area (Å²) in [6.07, 6.45) is 1.77. The van der Waals surface area contributed by atoms with E-state index in [-0.39, 0.29) is 11.8 Å². The molecule has 1 aromatic rings. The van der Waals surface area contributed by atoms with Crippen LogP contribution in [0.4, 0.5) is 0 Å². The number of amides is 1. The van der Waals surface area contributed by atoms with E-state index in [1.165, 1.54) is 10.4 Å². The Kier molecular flexibility index (Phi) is 5.49. The summed E-state index contributed by atoms with van der Waals surface area (Å²) in [5.74, 6) is 0.107. The third-order valence-electron chi connectivity index (χ3n) is 2.69. The second-order valence-electron chi connectivity index (χ2n) is 3.92. The summed E-state index contributed by atoms with van der Waals surface area (Å²) in [6.45, 7) is 5.25. The molecular formula is C12H20N2OS. The van der Waals surface area contributed by atoms with Crippen molar-refractivity contribution in [3.63, 3.8) is 0 Å². The van der Waals surface area contributed by atoms with Crippen molar-refractivity contribution in [3.05, 3.63) is 21.9 Å². The summed E-state index contributed by atoms with van der Waals surface area (Å²) in [6, 6.07) is 2.12. The molecule has 4 heteroatoms. The molecule has 0 saturated heterocycles. The van der Waals surface area contributed by atoms with Crippen LogP contribution in [0.1, 0.15) is 30.7 Å². The second kappa shape index (κ2) is 6.66. The van der Waals surface area contributed by atoms with Crippen LogP contribution in [0.25, 0.3) is 0 Å². The monoisotopic (exact) mass is 240 g/mol. The first-order valence-electron chi connectivity index (χ1n) is 5.72. The highest BCUT2D eigenvalue weighted by molar-refractivity contribution is 7.10. The number of carbonyl (C=O) groups is 1. The van der Waals surface area contributed by atoms with Crippen LogP contribution in [0.3, 0.4) is 0 Å². The molecule has 0 aromatic carbocycles. The smallest absolute Gasteiger partial charge is 0.223 e. The quantitative estimate of drug-likeness (QED) is 0.798. The highest BCUT2D eigenvalue weighted by Gasteiger charge is 2.12. The first-order chi connectivity index (χ1) is 7.69. The summed E-state index contributed by atoms with van der Waals surface area (Å²) in [4.78, 5) is 12.9. The van der Waals surface area contributed by atoms with Gasteiger partial charge in [0.05, 0.1) is 6.54 Å². The average Bonchev–Trinajstić information content (AvgIpc) is 2.73. The largest absolute Gasteiger partial charge is 0.351 e. The Labute approximate surface area is 101 Å². The molecule has 0 saturated carbocycles. The van der Waals surface area contributed by atoms with Gasteiger partial charge < -0.3 is 11.1 Å². The van der Waals surface area contributed by atoms with Crippen molar-refractivity contribution in [3.8, 4) is 0 Å². The lowest BCUT2D eigenvalue weighted by Crippen LogP contribution is -2.29. The second-order valence-corrected chi connectivity index (χ2v) is 4.92. The summed E-state index contributed by atoms with van der Waals surface area (Å²) in [7, 11) is 0. The van der Waals surface area contributed by atoms with Gasteiger partial charge >= 0.3 is 0 Å². The van der Waals surface area contributed by atoms with Gasteiger partial charge in [-0.25, -0.2) is 0 Å². The van der Waals surface area contributed by atoms with Crippen molar-refractivity contribution in [1.82, 2.24) is 5.32 Å². The SMILES string of the molecule is CCc1ccsc1CNC(=O)C(C)CCN. The number of nitrogens with one attached hydrogen (secondary N) is 1. The van der Waals surface area contributed by atoms with E-state index in [4.69, 9.17) is 5.73 Å². The predicted octanol–water partition coefficient (Wildman–Crippen LogP) is 1.91. The zero-order chi connectivity index (χ0) is 12.0. The van der Waals surface area contributed by atoms with Gasteiger partial charge in [-0.2, -0.15) is 0 Å². The fourth-order valence-electron chi connectivity index (χ4n) is 1.56. The minimum atomic E-state index is 0.00930. The molecule has 0 aliphatic rings. The van der Waals surface area contributed by atoms with Gasteiger partial charge in [0.1, 0.15) is 0 Å². The molecular weight excluding hydrogens is 220 g/mol. The maximum atomic E-state index is 11.7. The Morgan fingerprint density at radius 2 is 2.38 bits per heavy atom. The molecule has 1 amide bonds. The van der Waals surface area contributed by atoms with Crippen molar-refractivity contribution in [1.29, 1.82) is 0 Å². The highest BCUT2D eigenvalue weighted by Crippen LogP contribution is 2.17. The van der Waals surface area contributed by atoms with Crippen LogP contribution in [0.2, 0.25) is 0 Å². The predicted molar refractivity (Wildman–Crippen MR) is 68.4 cm³/mol. The van der Waals surface area contributed by atoms with E-state index in [0.717, 1.165) is 12.8 Å². The van der Waals surface area contributed by atoms with Gasteiger partial charge in [0.25, 0.3) is 0 Å². The summed E-state index contributed by atoms with van der Waals surface area (Å²) in [5, 5.41) is 5.03. The Hall–Kier alpha value is -0.870. The lowest BCUT2D eigenvalue weighted by atomic mass is 10.1. The van der Waals surface area contributed by atoms with E-state index in [9.17, 15) is 4.79 Å². The Morgan fingerprint density at radius 1 is 1.62 bits per heavy atom. The molecule has 0 fully saturated rings. The highest BCUT2D eigenvalue weighted by atomic mass is 32.1. The lowest BCUT2D eigenvalue weighted by molar-refractivity contribution is -0.124. The van der Waals surface area contributed by atoms with Crippen LogP contribution in [0.15, 0.2) is 11.4 Å². The molecule has 1 unspecified atom stereocenters. The van der Waals surface area contributed by atoms with Gasteiger partial charge in [0, 0.05) is 10.8 Å². The number of hydrogen-bond acceptors (Lipinski definition) is 3. The van der Waals surface area contributed by atoms with Gasteiger partial charge in [-0.05, 0) is 36.4 Å². The molecule has 0 bridgehead atoms. The standard InChI is InChI=1S/C12H20N2OS/c1-3-10-5-7-16-11(10)8-14-12(15)9(2)4-6-13/h5,7,9H,3-4,6,8,13H2,1-2H3,(H,14,15). The number of hydrogen-bond donors (Lipinski definition) is 2. The van der Waals surface area contributed by atoms with Gasteiger partial charge in [-0.1, -0.05) is 13.8 Å². The number of rotatable bonds is 6. The van der Waals surface area contributed by atoms with Crippen LogP contribution in [-0.2, 0) is 17.8 Å². The zero-order valence-electron chi connectivity index (χ0n) is 9.95. The first-order valence-corrected chi connectivity index (χ1v) is 6.60. The Balaban J connectivity index is 2.42. The lowest BCUT2D eigenvalue weighted by Gasteiger charge is -2.10. The van der Waals surface area contributed by atoms with E-state index in [0.29, 0.717) is 13.1 Å². The van der Waals surface area contributed by atoms with Crippen LogP contribution < -0.4 is 11.1 Å². The molecule has 3 N–H and O–H groups in total. The molecule has 1 heterocycles. The topological polar surface area (TPSA) is 55.1 Å². The maximum Gasteiger partial charge on any atom is 0.223 e. The Bertz CT molecular complexity index is 336. The summed E-state index contributed by atoms with van der Waals surface area (Å²) < 4.78 is 0. The Morgan fingerprint density at radius 3 is 3.00 bits per heavy atom. The minimum absolute atomic E-state index is 0.00930. The molecule has 0 spiro atoms. The third kappa shape index (κ3) is 3.61. The fraction of sp³-hybridized carbons (Fsp3) is 0.583. The molecule has 0 aliphatic carbocycles. The van der Waals surface area contributed by atoms with Crippen LogP contribution in [-0.4, -0.2) is 12.5 Å². The van der Waals surface area contributed by atoms with Gasteiger partial charge in [-0.15, -0.1) is 11.3 Å². The number of nitrogens with two attached hydrogens (primary N) is 1.